The topological polar surface area (TPSA) is 131 Å². The second-order valence-corrected chi connectivity index (χ2v) is 35.8. The Bertz CT molecular complexity index is 1830. The second kappa shape index (κ2) is 31.8. The molecule has 14 saturated carbocycles. The fraction of sp³-hybridized carbons (Fsp3) is 1.00. The number of aliphatic hydroxyl groups is 4. The minimum Gasteiger partial charge on any atom is -0.396 e. The number of aliphatic hydroxyl groups excluding tert-OH is 4. The maximum absolute atomic E-state index is 10.6. The highest BCUT2D eigenvalue weighted by Crippen LogP contribution is 2.78. The Hall–Kier alpha value is -0.480. The molecule has 14 aliphatic rings. The van der Waals surface area contributed by atoms with E-state index in [0.29, 0.717) is 152 Å². The summed E-state index contributed by atoms with van der Waals surface area (Å²) < 4.78 is 24.7. The lowest BCUT2D eigenvalue weighted by molar-refractivity contribution is -0.100. The van der Waals surface area contributed by atoms with Crippen molar-refractivity contribution in [1.82, 2.24) is 19.6 Å². The van der Waals surface area contributed by atoms with Gasteiger partial charge in [-0.1, -0.05) is 0 Å². The molecule has 0 heterocycles. The molecule has 1 spiro atoms. The second-order valence-electron chi connectivity index (χ2n) is 35.8. The normalized spacial score (nSPS) is 48.4. The molecule has 14 fully saturated rings. The summed E-state index contributed by atoms with van der Waals surface area (Å²) in [5, 5.41) is 42.5. The summed E-state index contributed by atoms with van der Waals surface area (Å²) in [6.45, 7) is 1.42. The van der Waals surface area contributed by atoms with Crippen LogP contribution in [0.15, 0.2) is 0 Å². The van der Waals surface area contributed by atoms with Crippen molar-refractivity contribution < 1.29 is 39.4 Å². The van der Waals surface area contributed by atoms with E-state index in [2.05, 4.69) is 19.6 Å². The van der Waals surface area contributed by atoms with E-state index in [0.717, 1.165) is 47.3 Å². The number of methoxy groups -OCH3 is 4. The van der Waals surface area contributed by atoms with E-state index in [-0.39, 0.29) is 0 Å². The highest BCUT2D eigenvalue weighted by molar-refractivity contribution is 5.23. The molecule has 0 radical (unpaired) electrons. The van der Waals surface area contributed by atoms with Gasteiger partial charge in [0, 0.05) is 127 Å². The molecule has 12 atom stereocenters. The summed E-state index contributed by atoms with van der Waals surface area (Å²) in [4.78, 5) is 13.3. The van der Waals surface area contributed by atoms with Crippen molar-refractivity contribution in [3.8, 4) is 0 Å². The molecule has 4 N–H and O–H groups in total. The Morgan fingerprint density at radius 2 is 0.387 bits per heavy atom. The third kappa shape index (κ3) is 14.2. The molecule has 0 saturated heterocycles. The van der Waals surface area contributed by atoms with Crippen LogP contribution >= 0.6 is 0 Å². The summed E-state index contributed by atoms with van der Waals surface area (Å²) in [6, 6.07) is 7.72. The van der Waals surface area contributed by atoms with E-state index in [9.17, 15) is 20.4 Å². The molecule has 14 aliphatic carbocycles. The van der Waals surface area contributed by atoms with E-state index >= 15 is 0 Å². The predicted octanol–water partition coefficient (Wildman–Crippen LogP) is 14.4. The first-order valence-electron chi connectivity index (χ1n) is 41.3. The number of ether oxygens (including phenoxy) is 4. The third-order valence-corrected chi connectivity index (χ3v) is 32.4. The lowest BCUT2D eigenvalue weighted by atomic mass is 9.51. The summed E-state index contributed by atoms with van der Waals surface area (Å²) >= 11 is 0. The zero-order valence-corrected chi connectivity index (χ0v) is 59.8. The monoisotopic (exact) mass is 1300 g/mol. The lowest BCUT2D eigenvalue weighted by Crippen LogP contribution is -2.59. The number of hydrogen-bond donors (Lipinski definition) is 4. The molecule has 93 heavy (non-hydrogen) atoms. The number of fused-ring (bicyclic) bond motifs is 10. The van der Waals surface area contributed by atoms with Crippen molar-refractivity contribution in [2.24, 2.45) is 76.4 Å². The van der Waals surface area contributed by atoms with Crippen LogP contribution in [0.2, 0.25) is 0 Å². The summed E-state index contributed by atoms with van der Waals surface area (Å²) in [5.74, 6) is 8.29. The van der Waals surface area contributed by atoms with Gasteiger partial charge in [-0.3, -0.25) is 19.6 Å². The van der Waals surface area contributed by atoms with Crippen molar-refractivity contribution >= 4 is 0 Å². The maximum Gasteiger partial charge on any atom is 0.0572 e. The Kier molecular flexibility index (Phi) is 23.8. The molecule has 12 unspecified atom stereocenters. The van der Waals surface area contributed by atoms with Gasteiger partial charge in [-0.05, 0) is 359 Å². The standard InChI is InChI=1S/C81H140N4O8/c1-90-69-33-21-61(22-34-69)84(62-23-35-70(91-2)36-24-62)67-31-43-75-73-41-29-65(82(57-13-5-53(49-86)6-14-57)58-15-7-54(50-87)8-16-58)45-77(73)81(79(75)47-67)78-46-66(83(59-17-9-55(51-88)10-18-59)60-19-11-56(52-89)12-20-60)30-42-74(78)76-44-32-68(48-80(76)81)85(63-25-37-71(92-3)38-26-63)64-27-39-72(93-4)40-28-64/h53-80,86-89H,5-52H2,1-4H3. The first-order chi connectivity index (χ1) is 45.7. The quantitative estimate of drug-likeness (QED) is 0.0926. The van der Waals surface area contributed by atoms with Gasteiger partial charge in [0.05, 0.1) is 24.4 Å². The van der Waals surface area contributed by atoms with Gasteiger partial charge < -0.3 is 39.4 Å². The average molecular weight is 1300 g/mol. The Labute approximate surface area is 567 Å². The molecular formula is C81H140N4O8. The van der Waals surface area contributed by atoms with Crippen molar-refractivity contribution in [1.29, 1.82) is 0 Å². The zero-order chi connectivity index (χ0) is 63.7. The smallest absolute Gasteiger partial charge is 0.0572 e. The summed E-state index contributed by atoms with van der Waals surface area (Å²) in [7, 11) is 7.93. The highest BCUT2D eigenvalue weighted by atomic mass is 16.5. The number of hydrogen-bond acceptors (Lipinski definition) is 12. The molecule has 0 aromatic heterocycles. The summed E-state index contributed by atoms with van der Waals surface area (Å²) in [6.07, 6.45) is 58.4. The van der Waals surface area contributed by atoms with Gasteiger partial charge in [-0.25, -0.2) is 0 Å². The van der Waals surface area contributed by atoms with Crippen LogP contribution in [0.5, 0.6) is 0 Å². The highest BCUT2D eigenvalue weighted by Gasteiger charge is 2.74. The van der Waals surface area contributed by atoms with Crippen molar-refractivity contribution in [2.45, 2.75) is 379 Å². The van der Waals surface area contributed by atoms with Crippen molar-refractivity contribution in [3.05, 3.63) is 0 Å². The van der Waals surface area contributed by atoms with Gasteiger partial charge in [0.2, 0.25) is 0 Å². The SMILES string of the molecule is COC1CCC(N(C2CCC(OC)CC2)C2CCC3C4CCC(N(C5CCC(CO)CC5)C5CCC(CO)CC5)CC4C4(C5CC(N(C6CCC(CO)CC6)C6CCC(CO)CC6)CCC5C5CCC(N(C6CCC(OC)CC6)C6CCC(OC)CC6)CC54)C3C2)CC1. The Balaban J connectivity index is 0.895. The first-order valence-corrected chi connectivity index (χ1v) is 41.3. The van der Waals surface area contributed by atoms with Crippen LogP contribution in [0.3, 0.4) is 0 Å². The number of nitrogens with zero attached hydrogens (tertiary/aromatic N) is 4. The van der Waals surface area contributed by atoms with Crippen molar-refractivity contribution in [2.75, 3.05) is 54.9 Å². The molecule has 0 aromatic rings. The van der Waals surface area contributed by atoms with E-state index in [1.54, 1.807) is 0 Å². The van der Waals surface area contributed by atoms with Gasteiger partial charge in [-0.2, -0.15) is 0 Å². The predicted molar refractivity (Wildman–Crippen MR) is 372 cm³/mol. The van der Waals surface area contributed by atoms with Gasteiger partial charge in [0.15, 0.2) is 0 Å². The molecular weight excluding hydrogens is 1160 g/mol. The molecule has 532 valence electrons. The number of rotatable bonds is 20. The van der Waals surface area contributed by atoms with Crippen LogP contribution in [-0.2, 0) is 18.9 Å². The van der Waals surface area contributed by atoms with Crippen LogP contribution in [0.25, 0.3) is 0 Å². The van der Waals surface area contributed by atoms with Gasteiger partial charge in [-0.15, -0.1) is 0 Å². The van der Waals surface area contributed by atoms with Gasteiger partial charge in [0.1, 0.15) is 0 Å². The fourth-order valence-electron chi connectivity index (χ4n) is 28.2. The van der Waals surface area contributed by atoms with Gasteiger partial charge >= 0.3 is 0 Å². The van der Waals surface area contributed by atoms with Gasteiger partial charge in [0.25, 0.3) is 0 Å². The van der Waals surface area contributed by atoms with Crippen LogP contribution < -0.4 is 0 Å². The Morgan fingerprint density at radius 3 is 0.548 bits per heavy atom. The molecule has 14 rings (SSSR count). The molecule has 12 heteroatoms. The Morgan fingerprint density at radius 1 is 0.226 bits per heavy atom. The lowest BCUT2D eigenvalue weighted by Gasteiger charge is -2.58. The molecule has 0 bridgehead atoms. The van der Waals surface area contributed by atoms with E-state index in [4.69, 9.17) is 18.9 Å². The molecule has 12 nitrogen and oxygen atoms in total. The van der Waals surface area contributed by atoms with Crippen LogP contribution in [-0.4, -0.2) is 192 Å². The van der Waals surface area contributed by atoms with Crippen LogP contribution in [0.1, 0.15) is 283 Å². The summed E-state index contributed by atoms with van der Waals surface area (Å²) in [5.41, 5.74) is 0.322. The van der Waals surface area contributed by atoms with E-state index < -0.39 is 0 Å². The minimum atomic E-state index is 0.322. The van der Waals surface area contributed by atoms with Crippen LogP contribution in [0, 0.1) is 76.4 Å². The largest absolute Gasteiger partial charge is 0.396 e. The zero-order valence-electron chi connectivity index (χ0n) is 59.8. The maximum atomic E-state index is 10.6. The van der Waals surface area contributed by atoms with Crippen LogP contribution in [0.4, 0.5) is 0 Å². The molecule has 0 aliphatic heterocycles. The van der Waals surface area contributed by atoms with E-state index in [1.165, 1.54) is 283 Å². The van der Waals surface area contributed by atoms with E-state index in [1.807, 2.05) is 28.4 Å². The first kappa shape index (κ1) is 69.6. The third-order valence-electron chi connectivity index (χ3n) is 32.4. The van der Waals surface area contributed by atoms with Crippen molar-refractivity contribution in [3.63, 3.8) is 0 Å². The minimum absolute atomic E-state index is 0.322. The average Bonchev–Trinajstić information content (AvgIpc) is 1.51. The fourth-order valence-corrected chi connectivity index (χ4v) is 28.2. The molecule has 0 amide bonds. The molecule has 0 aromatic carbocycles.